The van der Waals surface area contributed by atoms with Crippen LogP contribution in [0.1, 0.15) is 24.5 Å². The van der Waals surface area contributed by atoms with Crippen LogP contribution in [0.15, 0.2) is 65.1 Å². The molecule has 0 atom stereocenters. The number of rotatable bonds is 5. The second kappa shape index (κ2) is 8.60. The van der Waals surface area contributed by atoms with Crippen LogP contribution in [-0.2, 0) is 11.3 Å². The molecule has 2 heterocycles. The summed E-state index contributed by atoms with van der Waals surface area (Å²) in [6, 6.07) is 11.9. The van der Waals surface area contributed by atoms with Gasteiger partial charge in [0.05, 0.1) is 17.8 Å². The zero-order valence-electron chi connectivity index (χ0n) is 15.9. The molecule has 1 aromatic carbocycles. The summed E-state index contributed by atoms with van der Waals surface area (Å²) in [6.07, 6.45) is 4.41. The van der Waals surface area contributed by atoms with E-state index in [0.29, 0.717) is 18.9 Å². The van der Waals surface area contributed by atoms with Gasteiger partial charge in [-0.3, -0.25) is 9.78 Å². The van der Waals surface area contributed by atoms with E-state index in [0.717, 1.165) is 41.1 Å². The van der Waals surface area contributed by atoms with Gasteiger partial charge in [0.25, 0.3) is 0 Å². The van der Waals surface area contributed by atoms with E-state index in [1.54, 1.807) is 13.1 Å². The largest absolute Gasteiger partial charge is 0.383 e. The van der Waals surface area contributed by atoms with Gasteiger partial charge in [0.15, 0.2) is 0 Å². The zero-order valence-corrected chi connectivity index (χ0v) is 15.9. The average molecular weight is 364 g/mol. The van der Waals surface area contributed by atoms with Crippen molar-refractivity contribution in [2.75, 3.05) is 13.1 Å². The van der Waals surface area contributed by atoms with Crippen LogP contribution in [0.5, 0.6) is 0 Å². The lowest BCUT2D eigenvalue weighted by atomic mass is 10.0. The molecule has 3 rings (SSSR count). The van der Waals surface area contributed by atoms with Crippen molar-refractivity contribution in [3.05, 3.63) is 71.2 Å². The second-order valence-electron chi connectivity index (χ2n) is 6.80. The molecule has 1 aliphatic rings. The molecular weight excluding hydrogens is 338 g/mol. The van der Waals surface area contributed by atoms with Crippen LogP contribution >= 0.6 is 0 Å². The number of hydrogen-bond donors (Lipinski definition) is 2. The summed E-state index contributed by atoms with van der Waals surface area (Å²) in [7, 11) is 0. The fourth-order valence-electron chi connectivity index (χ4n) is 3.18. The van der Waals surface area contributed by atoms with Crippen molar-refractivity contribution in [3.8, 4) is 0 Å². The Balaban J connectivity index is 1.87. The second-order valence-corrected chi connectivity index (χ2v) is 6.80. The van der Waals surface area contributed by atoms with Crippen molar-refractivity contribution in [2.24, 2.45) is 10.7 Å². The van der Waals surface area contributed by atoms with E-state index in [9.17, 15) is 4.79 Å². The van der Waals surface area contributed by atoms with Crippen molar-refractivity contribution < 1.29 is 10.1 Å². The summed E-state index contributed by atoms with van der Waals surface area (Å²) < 4.78 is 0. The highest BCUT2D eigenvalue weighted by Gasteiger charge is 2.25. The van der Waals surface area contributed by atoms with E-state index in [1.165, 1.54) is 0 Å². The molecule has 1 aliphatic heterocycles. The first-order chi connectivity index (χ1) is 13.0. The number of aromatic nitrogens is 1. The number of benzene rings is 1. The highest BCUT2D eigenvalue weighted by Crippen LogP contribution is 2.18. The lowest BCUT2D eigenvalue weighted by molar-refractivity contribution is -0.626. The van der Waals surface area contributed by atoms with Gasteiger partial charge in [-0.1, -0.05) is 18.2 Å². The van der Waals surface area contributed by atoms with E-state index in [-0.39, 0.29) is 5.91 Å². The number of aliphatic imine (C=N–C) groups is 1. The molecule has 0 spiro atoms. The van der Waals surface area contributed by atoms with Gasteiger partial charge in [-0.05, 0) is 30.7 Å². The molecule has 0 saturated carbocycles. The van der Waals surface area contributed by atoms with Crippen LogP contribution in [0.3, 0.4) is 0 Å². The summed E-state index contributed by atoms with van der Waals surface area (Å²) in [5.74, 6) is 0.533. The zero-order chi connectivity index (χ0) is 19.2. The quantitative estimate of drug-likeness (QED) is 0.625. The fourth-order valence-corrected chi connectivity index (χ4v) is 3.18. The summed E-state index contributed by atoms with van der Waals surface area (Å²) in [4.78, 5) is 22.4. The van der Waals surface area contributed by atoms with E-state index in [4.69, 9.17) is 5.73 Å². The van der Waals surface area contributed by atoms with Crippen LogP contribution < -0.4 is 11.1 Å². The topological polar surface area (TPSA) is 88.2 Å². The smallest absolute Gasteiger partial charge is 0.219 e. The minimum atomic E-state index is 0.0576. The number of amidine groups is 1. The minimum Gasteiger partial charge on any atom is -0.383 e. The lowest BCUT2D eigenvalue weighted by Gasteiger charge is -2.28. The molecule has 1 amide bonds. The minimum absolute atomic E-state index is 0.0576. The van der Waals surface area contributed by atoms with Gasteiger partial charge < -0.3 is 16.0 Å². The van der Waals surface area contributed by atoms with Crippen LogP contribution in [0.4, 0.5) is 5.69 Å². The predicted octanol–water partition coefficient (Wildman–Crippen LogP) is 1.65. The number of amides is 1. The van der Waals surface area contributed by atoms with E-state index in [1.807, 2.05) is 48.4 Å². The maximum absolute atomic E-state index is 11.9. The highest BCUT2D eigenvalue weighted by molar-refractivity contribution is 6.00. The number of aryl methyl sites for hydroxylation is 1. The Hall–Kier alpha value is -2.99. The molecule has 140 valence electrons. The number of pyridine rings is 1. The van der Waals surface area contributed by atoms with Gasteiger partial charge in [-0.2, -0.15) is 0 Å². The van der Waals surface area contributed by atoms with Crippen LogP contribution in [0.25, 0.3) is 0 Å². The molecule has 2 aromatic rings. The molecule has 0 fully saturated rings. The van der Waals surface area contributed by atoms with E-state index in [2.05, 4.69) is 21.4 Å². The fraction of sp³-hybridized carbons (Fsp3) is 0.286. The number of carbonyl (C=O) groups excluding carboxylic acids is 1. The Bertz CT molecular complexity index is 873. The number of carbonyl (C=O) groups is 1. The molecule has 0 unspecified atom stereocenters. The molecule has 1 aromatic heterocycles. The Kier molecular flexibility index (Phi) is 5.98. The summed E-state index contributed by atoms with van der Waals surface area (Å²) in [5.41, 5.74) is 11.6. The average Bonchev–Trinajstić information content (AvgIpc) is 2.67. The van der Waals surface area contributed by atoms with Gasteiger partial charge in [0.2, 0.25) is 5.91 Å². The Labute approximate surface area is 159 Å². The summed E-state index contributed by atoms with van der Waals surface area (Å²) >= 11 is 0. The molecule has 0 radical (unpaired) electrons. The van der Waals surface area contributed by atoms with Gasteiger partial charge in [0.1, 0.15) is 18.1 Å². The normalized spacial score (nSPS) is 15.2. The molecule has 6 nitrogen and oxygen atoms in total. The molecule has 4 N–H and O–H groups in total. The Morgan fingerprint density at radius 3 is 2.89 bits per heavy atom. The van der Waals surface area contributed by atoms with Crippen molar-refractivity contribution >= 4 is 17.4 Å². The molecule has 0 aliphatic carbocycles. The number of hydrogen-bond acceptors (Lipinski definition) is 3. The summed E-state index contributed by atoms with van der Waals surface area (Å²) in [6.45, 7) is 5.60. The molecule has 0 bridgehead atoms. The van der Waals surface area contributed by atoms with Crippen molar-refractivity contribution in [1.82, 2.24) is 9.88 Å². The van der Waals surface area contributed by atoms with Crippen LogP contribution in [0, 0.1) is 6.92 Å². The predicted molar refractivity (Wildman–Crippen MR) is 106 cm³/mol. The number of nitrogens with two attached hydrogens (primary N) is 2. The first-order valence-electron chi connectivity index (χ1n) is 9.14. The Morgan fingerprint density at radius 2 is 2.19 bits per heavy atom. The third-order valence-corrected chi connectivity index (χ3v) is 4.70. The highest BCUT2D eigenvalue weighted by atomic mass is 16.2. The van der Waals surface area contributed by atoms with E-state index < -0.39 is 0 Å². The van der Waals surface area contributed by atoms with Crippen molar-refractivity contribution in [2.45, 2.75) is 26.8 Å². The van der Waals surface area contributed by atoms with Gasteiger partial charge in [-0.25, -0.2) is 4.99 Å². The standard InChI is InChI=1S/C21H25N5O/c1-15-5-3-7-18(11-15)25-21(22)19-14-26(16(2)27)10-8-20(19)24-13-17-6-4-9-23-12-17/h3-7,9,11-12,24H,8,10,13-14H2,1-2H3,(H2,22,25)/p+1. The maximum Gasteiger partial charge on any atom is 0.219 e. The van der Waals surface area contributed by atoms with Crippen LogP contribution in [0.2, 0.25) is 0 Å². The maximum atomic E-state index is 11.9. The monoisotopic (exact) mass is 364 g/mol. The first-order valence-corrected chi connectivity index (χ1v) is 9.14. The third-order valence-electron chi connectivity index (χ3n) is 4.70. The molecular formula is C21H26N5O+. The molecule has 27 heavy (non-hydrogen) atoms. The molecule has 0 saturated heterocycles. The lowest BCUT2D eigenvalue weighted by Crippen LogP contribution is -2.82. The van der Waals surface area contributed by atoms with Crippen molar-refractivity contribution in [3.63, 3.8) is 0 Å². The van der Waals surface area contributed by atoms with E-state index >= 15 is 0 Å². The SMILES string of the molecule is CC(=O)N1CCC([NH2+]Cc2cccnc2)=C(C(N)=Nc2cccc(C)c2)C1. The number of quaternary nitrogens is 1. The first kappa shape index (κ1) is 18.8. The Morgan fingerprint density at radius 1 is 1.33 bits per heavy atom. The van der Waals surface area contributed by atoms with Crippen molar-refractivity contribution in [1.29, 1.82) is 0 Å². The van der Waals surface area contributed by atoms with Crippen LogP contribution in [-0.4, -0.2) is 34.7 Å². The summed E-state index contributed by atoms with van der Waals surface area (Å²) in [5, 5.41) is 2.18. The van der Waals surface area contributed by atoms with Gasteiger partial charge in [0, 0.05) is 37.8 Å². The number of nitrogens with zero attached hydrogens (tertiary/aromatic N) is 3. The van der Waals surface area contributed by atoms with Gasteiger partial charge in [-0.15, -0.1) is 0 Å². The van der Waals surface area contributed by atoms with Gasteiger partial charge >= 0.3 is 0 Å². The third kappa shape index (κ3) is 5.01. The molecule has 6 heteroatoms.